The van der Waals surface area contributed by atoms with Crippen molar-refractivity contribution >= 4 is 17.5 Å². The van der Waals surface area contributed by atoms with Crippen LogP contribution in [0.15, 0.2) is 157 Å². The molecule has 4 aromatic carbocycles. The maximum absolute atomic E-state index is 10.0. The van der Waals surface area contributed by atoms with Gasteiger partial charge >= 0.3 is 0 Å². The lowest BCUT2D eigenvalue weighted by Crippen LogP contribution is -2.64. The molecule has 322 valence electrons. The molecule has 0 saturated heterocycles. The lowest BCUT2D eigenvalue weighted by atomic mass is 9.56. The summed E-state index contributed by atoms with van der Waals surface area (Å²) in [6.45, 7) is 5.07. The number of aromatic nitrogens is 1. The van der Waals surface area contributed by atoms with Crippen LogP contribution in [-0.2, 0) is 22.6 Å². The molecule has 0 spiro atoms. The maximum Gasteiger partial charge on any atom is 0.230 e. The minimum Gasteiger partial charge on any atom is -0.460 e. The predicted molar refractivity (Wildman–Crippen MR) is 249 cm³/mol. The third-order valence-corrected chi connectivity index (χ3v) is 13.9. The van der Waals surface area contributed by atoms with Gasteiger partial charge in [-0.2, -0.15) is 11.8 Å². The Morgan fingerprint density at radius 2 is 1.52 bits per heavy atom. The number of aliphatic hydroxyl groups is 2. The number of pyridine rings is 1. The molecule has 5 aromatic rings. The molecular weight excluding hydrogens is 793 g/mol. The van der Waals surface area contributed by atoms with Crippen LogP contribution in [0.1, 0.15) is 67.6 Å². The van der Waals surface area contributed by atoms with Gasteiger partial charge in [0.2, 0.25) is 5.79 Å². The molecule has 1 fully saturated rings. The van der Waals surface area contributed by atoms with Crippen molar-refractivity contribution in [1.82, 2.24) is 4.98 Å². The van der Waals surface area contributed by atoms with Crippen molar-refractivity contribution in [2.75, 3.05) is 25.6 Å². The number of thioether (sulfide) groups is 1. The predicted octanol–water partition coefficient (Wildman–Crippen LogP) is 11.4. The molecule has 8 rings (SSSR count). The van der Waals surface area contributed by atoms with Crippen molar-refractivity contribution in [2.45, 2.75) is 74.9 Å². The summed E-state index contributed by atoms with van der Waals surface area (Å²) in [4.78, 5) is 10.5. The second-order valence-corrected chi connectivity index (χ2v) is 17.8. The lowest BCUT2D eigenvalue weighted by Gasteiger charge is -2.58. The Hall–Kier alpha value is -5.19. The zero-order valence-corrected chi connectivity index (χ0v) is 36.2. The van der Waals surface area contributed by atoms with Gasteiger partial charge in [-0.05, 0) is 120 Å². The smallest absolute Gasteiger partial charge is 0.230 e. The first kappa shape index (κ1) is 43.5. The Bertz CT molecular complexity index is 2250. The second kappa shape index (κ2) is 21.3. The highest BCUT2D eigenvalue weighted by Crippen LogP contribution is 2.62. The Morgan fingerprint density at radius 1 is 0.806 bits per heavy atom. The van der Waals surface area contributed by atoms with Crippen molar-refractivity contribution in [3.63, 3.8) is 0 Å². The number of ether oxygens (including phenoxy) is 3. The van der Waals surface area contributed by atoms with Gasteiger partial charge < -0.3 is 29.3 Å². The van der Waals surface area contributed by atoms with E-state index in [2.05, 4.69) is 90.4 Å². The van der Waals surface area contributed by atoms with Crippen LogP contribution < -0.4 is 9.47 Å². The van der Waals surface area contributed by atoms with Gasteiger partial charge in [0, 0.05) is 43.5 Å². The maximum atomic E-state index is 10.0. The number of aryl methyl sites for hydroxylation is 1. The van der Waals surface area contributed by atoms with Crippen LogP contribution in [-0.4, -0.2) is 57.5 Å². The van der Waals surface area contributed by atoms with E-state index in [1.54, 1.807) is 0 Å². The molecular formula is C53H58N2O6S. The third-order valence-electron chi connectivity index (χ3n) is 12.5. The molecule has 2 N–H and O–H groups in total. The number of hydrogen-bond acceptors (Lipinski definition) is 9. The van der Waals surface area contributed by atoms with Crippen LogP contribution >= 0.6 is 11.8 Å². The molecule has 1 saturated carbocycles. The Balaban J connectivity index is 1.22. The summed E-state index contributed by atoms with van der Waals surface area (Å²) in [7, 11) is 0. The summed E-state index contributed by atoms with van der Waals surface area (Å²) < 4.78 is 21.2. The SMILES string of the molecule is C=CCOC12Oc3ccc(Oc4ccc(-c5ccccc5)cc4)cc3C3C(CCCCO)C(CCCCO)C=C(C(=NOCc4ccccc4)CC1SCCc1ccncc1)C32. The van der Waals surface area contributed by atoms with Crippen LogP contribution in [0, 0.1) is 17.8 Å². The zero-order chi connectivity index (χ0) is 42.6. The summed E-state index contributed by atoms with van der Waals surface area (Å²) in [5.41, 5.74) is 7.69. The summed E-state index contributed by atoms with van der Waals surface area (Å²) in [6.07, 6.45) is 14.5. The molecule has 1 aromatic heterocycles. The van der Waals surface area contributed by atoms with E-state index >= 15 is 0 Å². The fourth-order valence-electron chi connectivity index (χ4n) is 9.65. The standard InChI is InChI=1S/C53H58N2O6S/c1-2-32-58-53-50(62-33-27-38-25-28-54-29-26-38)36-48(55-59-37-39-13-5-3-6-14-39)46-34-42(17-9-11-30-56)45(18-10-12-31-57)51(52(46)53)47-35-44(23-24-49(47)61-53)60-43-21-19-41(20-22-43)40-15-7-4-8-16-40/h2-8,13-16,19-26,28-29,34-35,42,45,50-52,56-57H,1,9-12,17-18,27,30-33,36-37H2. The van der Waals surface area contributed by atoms with Crippen molar-refractivity contribution in [3.05, 3.63) is 169 Å². The minimum absolute atomic E-state index is 0.0340. The molecule has 0 amide bonds. The van der Waals surface area contributed by atoms with Crippen molar-refractivity contribution in [1.29, 1.82) is 0 Å². The number of aliphatic hydroxyl groups excluding tert-OH is 2. The monoisotopic (exact) mass is 850 g/mol. The van der Waals surface area contributed by atoms with Crippen LogP contribution in [0.3, 0.4) is 0 Å². The number of benzene rings is 4. The average molecular weight is 851 g/mol. The molecule has 6 unspecified atom stereocenters. The van der Waals surface area contributed by atoms with E-state index in [-0.39, 0.29) is 42.1 Å². The van der Waals surface area contributed by atoms with Crippen molar-refractivity contribution in [3.8, 4) is 28.4 Å². The first-order valence-electron chi connectivity index (χ1n) is 22.2. The van der Waals surface area contributed by atoms with Crippen LogP contribution in [0.2, 0.25) is 0 Å². The van der Waals surface area contributed by atoms with Gasteiger partial charge in [0.15, 0.2) is 0 Å². The fourth-order valence-corrected chi connectivity index (χ4v) is 11.1. The average Bonchev–Trinajstić information content (AvgIpc) is 3.31. The van der Waals surface area contributed by atoms with Gasteiger partial charge in [-0.15, -0.1) is 6.58 Å². The number of unbranched alkanes of at least 4 members (excludes halogenated alkanes) is 2. The van der Waals surface area contributed by atoms with Gasteiger partial charge in [-0.1, -0.05) is 103 Å². The summed E-state index contributed by atoms with van der Waals surface area (Å²) >= 11 is 1.87. The largest absolute Gasteiger partial charge is 0.460 e. The molecule has 0 bridgehead atoms. The van der Waals surface area contributed by atoms with Gasteiger partial charge in [0.25, 0.3) is 0 Å². The van der Waals surface area contributed by atoms with Gasteiger partial charge in [0.05, 0.1) is 23.5 Å². The Morgan fingerprint density at radius 3 is 2.26 bits per heavy atom. The lowest BCUT2D eigenvalue weighted by molar-refractivity contribution is -0.223. The summed E-state index contributed by atoms with van der Waals surface area (Å²) in [6, 6.07) is 39.1. The first-order valence-corrected chi connectivity index (χ1v) is 23.2. The molecule has 3 aliphatic rings. The van der Waals surface area contributed by atoms with Crippen molar-refractivity contribution in [2.24, 2.45) is 22.9 Å². The normalized spacial score (nSPS) is 23.1. The van der Waals surface area contributed by atoms with Crippen molar-refractivity contribution < 1.29 is 29.3 Å². The van der Waals surface area contributed by atoms with E-state index < -0.39 is 5.79 Å². The minimum atomic E-state index is -1.04. The molecule has 2 aliphatic carbocycles. The topological polar surface area (TPSA) is 103 Å². The van der Waals surface area contributed by atoms with E-state index in [0.29, 0.717) is 19.6 Å². The van der Waals surface area contributed by atoms with Crippen LogP contribution in [0.4, 0.5) is 0 Å². The second-order valence-electron chi connectivity index (χ2n) is 16.5. The van der Waals surface area contributed by atoms with E-state index in [9.17, 15) is 10.2 Å². The third kappa shape index (κ3) is 10.0. The van der Waals surface area contributed by atoms with Gasteiger partial charge in [-0.25, -0.2) is 0 Å². The summed E-state index contributed by atoms with van der Waals surface area (Å²) in [5, 5.41) is 24.8. The highest BCUT2D eigenvalue weighted by molar-refractivity contribution is 8.00. The molecule has 8 nitrogen and oxygen atoms in total. The Kier molecular flexibility index (Phi) is 14.9. The Labute approximate surface area is 370 Å². The number of hydrogen-bond donors (Lipinski definition) is 2. The molecule has 6 atom stereocenters. The fraction of sp³-hybridized carbons (Fsp3) is 0.358. The molecule has 0 radical (unpaired) electrons. The van der Waals surface area contributed by atoms with Gasteiger partial charge in [-0.3, -0.25) is 4.98 Å². The van der Waals surface area contributed by atoms with E-state index in [1.165, 1.54) is 5.56 Å². The summed E-state index contributed by atoms with van der Waals surface area (Å²) in [5.74, 6) is 2.21. The van der Waals surface area contributed by atoms with E-state index in [1.807, 2.05) is 72.7 Å². The highest BCUT2D eigenvalue weighted by atomic mass is 32.2. The number of oxime groups is 1. The van der Waals surface area contributed by atoms with Crippen LogP contribution in [0.25, 0.3) is 11.1 Å². The quantitative estimate of drug-likeness (QED) is 0.0427. The van der Waals surface area contributed by atoms with E-state index in [4.69, 9.17) is 24.2 Å². The number of fused-ring (bicyclic) bond motifs is 2. The zero-order valence-electron chi connectivity index (χ0n) is 35.4. The number of allylic oxidation sites excluding steroid dienone is 1. The molecule has 1 aliphatic heterocycles. The van der Waals surface area contributed by atoms with E-state index in [0.717, 1.165) is 101 Å². The first-order chi connectivity index (χ1) is 30.6. The number of rotatable bonds is 21. The highest BCUT2D eigenvalue weighted by Gasteiger charge is 2.64. The number of nitrogens with zero attached hydrogens (tertiary/aromatic N) is 2. The molecule has 62 heavy (non-hydrogen) atoms. The van der Waals surface area contributed by atoms with Crippen LogP contribution in [0.5, 0.6) is 17.2 Å². The molecule has 2 heterocycles. The molecule has 9 heteroatoms. The van der Waals surface area contributed by atoms with Gasteiger partial charge in [0.1, 0.15) is 23.9 Å².